The van der Waals surface area contributed by atoms with E-state index in [1.807, 2.05) is 0 Å². The van der Waals surface area contributed by atoms with Gasteiger partial charge in [0.1, 0.15) is 6.17 Å². The zero-order chi connectivity index (χ0) is 16.1. The Kier molecular flexibility index (Phi) is 5.49. The van der Waals surface area contributed by atoms with Crippen molar-refractivity contribution in [1.29, 1.82) is 0 Å². The zero-order valence-corrected chi connectivity index (χ0v) is 12.4. The summed E-state index contributed by atoms with van der Waals surface area (Å²) in [6.45, 7) is 1.86. The largest absolute Gasteiger partial charge is 0.466 e. The molecule has 1 aromatic carbocycles. The van der Waals surface area contributed by atoms with Crippen LogP contribution in [0.2, 0.25) is 0 Å². The van der Waals surface area contributed by atoms with Gasteiger partial charge in [-0.15, -0.1) is 0 Å². The van der Waals surface area contributed by atoms with Crippen LogP contribution in [-0.4, -0.2) is 41.9 Å². The number of amides is 1. The minimum absolute atomic E-state index is 0.0107. The molecule has 2 rings (SSSR count). The van der Waals surface area contributed by atoms with Crippen LogP contribution in [0.3, 0.4) is 0 Å². The molecule has 0 heterocycles. The third-order valence-electron chi connectivity index (χ3n) is 3.82. The number of nitrogens with one attached hydrogen (secondary N) is 1. The maximum atomic E-state index is 13.7. The van der Waals surface area contributed by atoms with Crippen molar-refractivity contribution in [3.05, 3.63) is 35.9 Å². The molecule has 22 heavy (non-hydrogen) atoms. The fraction of sp³-hybridized carbons (Fsp3) is 0.500. The molecule has 0 unspecified atom stereocenters. The van der Waals surface area contributed by atoms with Crippen LogP contribution < -0.4 is 5.32 Å². The minimum atomic E-state index is -1.49. The van der Waals surface area contributed by atoms with E-state index in [2.05, 4.69) is 5.32 Å². The number of aliphatic hydroxyl groups is 1. The summed E-state index contributed by atoms with van der Waals surface area (Å²) < 4.78 is 18.6. The first kappa shape index (κ1) is 16.4. The van der Waals surface area contributed by atoms with Gasteiger partial charge in [0, 0.05) is 11.6 Å². The maximum absolute atomic E-state index is 13.7. The number of benzene rings is 1. The standard InChI is InChI=1S/C16H20FNO4/c1-2-22-16(21)11-8-12(17)14(19)9-13(11)18-15(20)10-6-4-3-5-7-10/h3-7,11-14,19H,2,8-9H2,1H3,(H,18,20)/t11-,12-,13+,14-/m1/s1. The number of carbonyl (C=O) groups excluding carboxylic acids is 2. The molecular weight excluding hydrogens is 289 g/mol. The highest BCUT2D eigenvalue weighted by Crippen LogP contribution is 2.28. The van der Waals surface area contributed by atoms with Crippen molar-refractivity contribution in [2.24, 2.45) is 5.92 Å². The third-order valence-corrected chi connectivity index (χ3v) is 3.82. The van der Waals surface area contributed by atoms with Gasteiger partial charge in [0.05, 0.1) is 18.6 Å². The molecule has 1 fully saturated rings. The Morgan fingerprint density at radius 3 is 2.64 bits per heavy atom. The van der Waals surface area contributed by atoms with Crippen LogP contribution in [0.5, 0.6) is 0 Å². The van der Waals surface area contributed by atoms with Crippen molar-refractivity contribution in [1.82, 2.24) is 5.32 Å². The maximum Gasteiger partial charge on any atom is 0.311 e. The van der Waals surface area contributed by atoms with Crippen LogP contribution in [0.1, 0.15) is 30.1 Å². The minimum Gasteiger partial charge on any atom is -0.466 e. The number of aliphatic hydroxyl groups excluding tert-OH is 1. The van der Waals surface area contributed by atoms with Gasteiger partial charge in [-0.1, -0.05) is 18.2 Å². The van der Waals surface area contributed by atoms with Crippen LogP contribution in [0, 0.1) is 5.92 Å². The Labute approximate surface area is 128 Å². The second-order valence-corrected chi connectivity index (χ2v) is 5.36. The Morgan fingerprint density at radius 1 is 1.32 bits per heavy atom. The molecule has 0 spiro atoms. The smallest absolute Gasteiger partial charge is 0.311 e. The summed E-state index contributed by atoms with van der Waals surface area (Å²) in [6.07, 6.45) is -2.84. The molecule has 120 valence electrons. The highest BCUT2D eigenvalue weighted by Gasteiger charge is 2.41. The van der Waals surface area contributed by atoms with Crippen molar-refractivity contribution >= 4 is 11.9 Å². The van der Waals surface area contributed by atoms with Gasteiger partial charge in [-0.3, -0.25) is 9.59 Å². The van der Waals surface area contributed by atoms with Crippen molar-refractivity contribution in [3.8, 4) is 0 Å². The van der Waals surface area contributed by atoms with Gasteiger partial charge < -0.3 is 15.2 Å². The van der Waals surface area contributed by atoms with Gasteiger partial charge in [0.15, 0.2) is 0 Å². The molecule has 0 aromatic heterocycles. The fourth-order valence-electron chi connectivity index (χ4n) is 2.65. The SMILES string of the molecule is CCOC(=O)[C@@H]1C[C@@H](F)[C@H](O)C[C@@H]1NC(=O)c1ccccc1. The summed E-state index contributed by atoms with van der Waals surface area (Å²) >= 11 is 0. The van der Waals surface area contributed by atoms with E-state index in [-0.39, 0.29) is 25.4 Å². The lowest BCUT2D eigenvalue weighted by Gasteiger charge is -2.35. The van der Waals surface area contributed by atoms with Crippen LogP contribution in [0.25, 0.3) is 0 Å². The molecule has 4 atom stereocenters. The Morgan fingerprint density at radius 2 is 2.00 bits per heavy atom. The lowest BCUT2D eigenvalue weighted by Crippen LogP contribution is -2.52. The number of hydrogen-bond acceptors (Lipinski definition) is 4. The number of rotatable bonds is 4. The molecule has 5 nitrogen and oxygen atoms in total. The van der Waals surface area contributed by atoms with Gasteiger partial charge in [0.25, 0.3) is 5.91 Å². The van der Waals surface area contributed by atoms with E-state index in [1.165, 1.54) is 0 Å². The predicted molar refractivity (Wildman–Crippen MR) is 78.0 cm³/mol. The summed E-state index contributed by atoms with van der Waals surface area (Å²) in [7, 11) is 0. The lowest BCUT2D eigenvalue weighted by molar-refractivity contribution is -0.152. The molecule has 1 aliphatic carbocycles. The molecule has 2 N–H and O–H groups in total. The van der Waals surface area contributed by atoms with Gasteiger partial charge in [-0.25, -0.2) is 4.39 Å². The topological polar surface area (TPSA) is 75.6 Å². The summed E-state index contributed by atoms with van der Waals surface area (Å²) in [4.78, 5) is 24.1. The number of ether oxygens (including phenoxy) is 1. The number of esters is 1. The second kappa shape index (κ2) is 7.35. The van der Waals surface area contributed by atoms with Gasteiger partial charge in [-0.2, -0.15) is 0 Å². The van der Waals surface area contributed by atoms with Crippen LogP contribution in [0.4, 0.5) is 4.39 Å². The third kappa shape index (κ3) is 3.82. The Bertz CT molecular complexity index is 522. The summed E-state index contributed by atoms with van der Waals surface area (Å²) in [5.41, 5.74) is 0.446. The lowest BCUT2D eigenvalue weighted by atomic mass is 9.81. The molecule has 1 aliphatic rings. The van der Waals surface area contributed by atoms with Crippen LogP contribution in [0.15, 0.2) is 30.3 Å². The van der Waals surface area contributed by atoms with Gasteiger partial charge >= 0.3 is 5.97 Å². The molecule has 0 radical (unpaired) electrons. The molecule has 0 bridgehead atoms. The first-order valence-corrected chi connectivity index (χ1v) is 7.37. The number of alkyl halides is 1. The molecule has 0 aliphatic heterocycles. The number of halogens is 1. The molecule has 6 heteroatoms. The normalized spacial score (nSPS) is 28.0. The molecule has 0 saturated heterocycles. The fourth-order valence-corrected chi connectivity index (χ4v) is 2.65. The van der Waals surface area contributed by atoms with Crippen molar-refractivity contribution < 1.29 is 23.8 Å². The van der Waals surface area contributed by atoms with Gasteiger partial charge in [-0.05, 0) is 31.9 Å². The van der Waals surface area contributed by atoms with Crippen LogP contribution in [-0.2, 0) is 9.53 Å². The number of hydrogen-bond donors (Lipinski definition) is 2. The van der Waals surface area contributed by atoms with E-state index in [4.69, 9.17) is 4.74 Å². The van der Waals surface area contributed by atoms with Crippen LogP contribution >= 0.6 is 0 Å². The predicted octanol–water partition coefficient (Wildman–Crippen LogP) is 1.46. The Balaban J connectivity index is 2.10. The summed E-state index contributed by atoms with van der Waals surface area (Å²) in [5.74, 6) is -1.69. The quantitative estimate of drug-likeness (QED) is 0.826. The van der Waals surface area contributed by atoms with Crippen molar-refractivity contribution in [2.75, 3.05) is 6.61 Å². The highest BCUT2D eigenvalue weighted by molar-refractivity contribution is 5.94. The van der Waals surface area contributed by atoms with E-state index < -0.39 is 30.2 Å². The molecule has 1 amide bonds. The average molecular weight is 309 g/mol. The molecule has 1 aromatic rings. The molecular formula is C16H20FNO4. The van der Waals surface area contributed by atoms with E-state index >= 15 is 0 Å². The summed E-state index contributed by atoms with van der Waals surface area (Å²) in [6, 6.07) is 7.89. The van der Waals surface area contributed by atoms with E-state index in [0.717, 1.165) is 0 Å². The highest BCUT2D eigenvalue weighted by atomic mass is 19.1. The monoisotopic (exact) mass is 309 g/mol. The molecule has 1 saturated carbocycles. The average Bonchev–Trinajstić information content (AvgIpc) is 2.51. The summed E-state index contributed by atoms with van der Waals surface area (Å²) in [5, 5.41) is 12.4. The van der Waals surface area contributed by atoms with E-state index in [9.17, 15) is 19.1 Å². The van der Waals surface area contributed by atoms with Gasteiger partial charge in [0.2, 0.25) is 0 Å². The number of carbonyl (C=O) groups is 2. The van der Waals surface area contributed by atoms with E-state index in [0.29, 0.717) is 5.56 Å². The zero-order valence-electron chi connectivity index (χ0n) is 12.4. The van der Waals surface area contributed by atoms with Crippen molar-refractivity contribution in [2.45, 2.75) is 38.1 Å². The first-order valence-electron chi connectivity index (χ1n) is 7.37. The Hall–Kier alpha value is -1.95. The van der Waals surface area contributed by atoms with Crippen molar-refractivity contribution in [3.63, 3.8) is 0 Å². The van der Waals surface area contributed by atoms with E-state index in [1.54, 1.807) is 37.3 Å². The first-order chi connectivity index (χ1) is 10.5. The second-order valence-electron chi connectivity index (χ2n) is 5.36.